The maximum atomic E-state index is 13.0. The minimum atomic E-state index is 0.0137. The molecule has 0 unspecified atom stereocenters. The normalized spacial score (nSPS) is 15.2. The van der Waals surface area contributed by atoms with E-state index in [0.29, 0.717) is 11.7 Å². The molecule has 0 N–H and O–H groups in total. The highest BCUT2D eigenvalue weighted by Crippen LogP contribution is 2.30. The molecule has 3 aromatic rings. The van der Waals surface area contributed by atoms with Crippen molar-refractivity contribution in [2.45, 2.75) is 33.7 Å². The molecule has 1 amide bonds. The predicted molar refractivity (Wildman–Crippen MR) is 119 cm³/mol. The third-order valence-electron chi connectivity index (χ3n) is 6.00. The van der Waals surface area contributed by atoms with Crippen LogP contribution < -0.4 is 4.74 Å². The maximum Gasteiger partial charge on any atom is 0.274 e. The van der Waals surface area contributed by atoms with Gasteiger partial charge in [-0.3, -0.25) is 9.69 Å². The summed E-state index contributed by atoms with van der Waals surface area (Å²) in [5.74, 6) is 0.938. The van der Waals surface area contributed by atoms with Crippen LogP contribution in [0.5, 0.6) is 5.75 Å². The molecule has 1 aromatic carbocycles. The zero-order valence-electron chi connectivity index (χ0n) is 18.5. The largest absolute Gasteiger partial charge is 0.496 e. The van der Waals surface area contributed by atoms with Crippen LogP contribution in [0.15, 0.2) is 36.7 Å². The lowest BCUT2D eigenvalue weighted by Crippen LogP contribution is -2.50. The fraction of sp³-hybridized carbons (Fsp3) is 0.417. The smallest absolute Gasteiger partial charge is 0.274 e. The van der Waals surface area contributed by atoms with E-state index in [1.54, 1.807) is 7.11 Å². The van der Waals surface area contributed by atoms with E-state index in [-0.39, 0.29) is 5.91 Å². The van der Waals surface area contributed by atoms with Gasteiger partial charge < -0.3 is 14.0 Å². The second kappa shape index (κ2) is 8.11. The highest BCUT2D eigenvalue weighted by Gasteiger charge is 2.25. The molecule has 1 aliphatic heterocycles. The number of pyridine rings is 1. The number of nitrogens with zero attached hydrogens (tertiary/aromatic N) is 4. The van der Waals surface area contributed by atoms with Crippen LogP contribution in [0, 0.1) is 13.8 Å². The second-order valence-electron chi connectivity index (χ2n) is 8.37. The molecule has 6 heteroatoms. The van der Waals surface area contributed by atoms with Crippen LogP contribution in [0.1, 0.15) is 35.5 Å². The average Bonchev–Trinajstić information content (AvgIpc) is 3.16. The molecule has 30 heavy (non-hydrogen) atoms. The van der Waals surface area contributed by atoms with Crippen LogP contribution in [0.3, 0.4) is 0 Å². The van der Waals surface area contributed by atoms with Crippen molar-refractivity contribution in [3.05, 3.63) is 53.5 Å². The fourth-order valence-electron chi connectivity index (χ4n) is 4.31. The number of benzene rings is 1. The summed E-state index contributed by atoms with van der Waals surface area (Å²) in [6.07, 6.45) is 3.88. The van der Waals surface area contributed by atoms with Crippen molar-refractivity contribution < 1.29 is 9.53 Å². The molecular weight excluding hydrogens is 376 g/mol. The maximum absolute atomic E-state index is 13.0. The first kappa shape index (κ1) is 20.4. The first-order valence-corrected chi connectivity index (χ1v) is 10.5. The standard InChI is InChI=1S/C24H30N4O2/c1-16(2)26-8-10-27(11-9-26)24(29)21-15-28-14-19(6-7-22(28)25-21)20-12-17(3)23(30-5)18(4)13-20/h6-7,12-16H,8-11H2,1-5H3. The van der Waals surface area contributed by atoms with E-state index in [9.17, 15) is 4.79 Å². The molecule has 0 bridgehead atoms. The van der Waals surface area contributed by atoms with E-state index < -0.39 is 0 Å². The van der Waals surface area contributed by atoms with Crippen molar-refractivity contribution in [3.63, 3.8) is 0 Å². The highest BCUT2D eigenvalue weighted by molar-refractivity contribution is 5.93. The fourth-order valence-corrected chi connectivity index (χ4v) is 4.31. The van der Waals surface area contributed by atoms with E-state index in [0.717, 1.165) is 59.8 Å². The molecule has 2 aromatic heterocycles. The van der Waals surface area contributed by atoms with Gasteiger partial charge in [0.15, 0.2) is 0 Å². The Morgan fingerprint density at radius 1 is 1.00 bits per heavy atom. The monoisotopic (exact) mass is 406 g/mol. The van der Waals surface area contributed by atoms with Crippen LogP contribution in [-0.4, -0.2) is 64.4 Å². The Morgan fingerprint density at radius 2 is 1.67 bits per heavy atom. The topological polar surface area (TPSA) is 50.1 Å². The number of ether oxygens (including phenoxy) is 1. The van der Waals surface area contributed by atoms with Gasteiger partial charge in [0.1, 0.15) is 17.1 Å². The van der Waals surface area contributed by atoms with Gasteiger partial charge in [0.25, 0.3) is 5.91 Å². The van der Waals surface area contributed by atoms with E-state index >= 15 is 0 Å². The van der Waals surface area contributed by atoms with E-state index in [4.69, 9.17) is 4.74 Å². The summed E-state index contributed by atoms with van der Waals surface area (Å²) < 4.78 is 7.43. The van der Waals surface area contributed by atoms with Gasteiger partial charge in [-0.15, -0.1) is 0 Å². The number of carbonyl (C=O) groups excluding carboxylic acids is 1. The highest BCUT2D eigenvalue weighted by atomic mass is 16.5. The van der Waals surface area contributed by atoms with Gasteiger partial charge in [0.2, 0.25) is 0 Å². The quantitative estimate of drug-likeness (QED) is 0.661. The van der Waals surface area contributed by atoms with Crippen LogP contribution in [0.2, 0.25) is 0 Å². The number of hydrogen-bond acceptors (Lipinski definition) is 4. The van der Waals surface area contributed by atoms with Gasteiger partial charge in [-0.2, -0.15) is 0 Å². The molecule has 1 saturated heterocycles. The number of aryl methyl sites for hydroxylation is 2. The first-order valence-electron chi connectivity index (χ1n) is 10.5. The lowest BCUT2D eigenvalue weighted by molar-refractivity contribution is 0.0590. The molecule has 0 spiro atoms. The zero-order chi connectivity index (χ0) is 21.4. The van der Waals surface area contributed by atoms with E-state index in [1.807, 2.05) is 27.8 Å². The average molecular weight is 407 g/mol. The summed E-state index contributed by atoms with van der Waals surface area (Å²) in [6.45, 7) is 11.8. The van der Waals surface area contributed by atoms with Crippen LogP contribution in [0.4, 0.5) is 0 Å². The molecule has 1 fully saturated rings. The molecule has 0 aliphatic carbocycles. The Hall–Kier alpha value is -2.86. The van der Waals surface area contributed by atoms with Crippen molar-refractivity contribution in [3.8, 4) is 16.9 Å². The molecule has 1 aliphatic rings. The summed E-state index contributed by atoms with van der Waals surface area (Å²) in [5.41, 5.74) is 5.71. The summed E-state index contributed by atoms with van der Waals surface area (Å²) in [6, 6.07) is 8.80. The van der Waals surface area contributed by atoms with Crippen LogP contribution in [0.25, 0.3) is 16.8 Å². The van der Waals surface area contributed by atoms with Gasteiger partial charge in [-0.05, 0) is 74.2 Å². The summed E-state index contributed by atoms with van der Waals surface area (Å²) in [4.78, 5) is 21.9. The molecule has 3 heterocycles. The Morgan fingerprint density at radius 3 is 2.27 bits per heavy atom. The van der Waals surface area contributed by atoms with Gasteiger partial charge in [-0.1, -0.05) is 0 Å². The number of piperazine rings is 1. The van der Waals surface area contributed by atoms with Crippen molar-refractivity contribution in [1.29, 1.82) is 0 Å². The van der Waals surface area contributed by atoms with Gasteiger partial charge >= 0.3 is 0 Å². The number of methoxy groups -OCH3 is 1. The van der Waals surface area contributed by atoms with Crippen molar-refractivity contribution >= 4 is 11.6 Å². The molecule has 0 saturated carbocycles. The van der Waals surface area contributed by atoms with Crippen molar-refractivity contribution in [2.75, 3.05) is 33.3 Å². The van der Waals surface area contributed by atoms with E-state index in [1.165, 1.54) is 0 Å². The number of amides is 1. The minimum Gasteiger partial charge on any atom is -0.496 e. The lowest BCUT2D eigenvalue weighted by atomic mass is 10.0. The second-order valence-corrected chi connectivity index (χ2v) is 8.37. The number of hydrogen-bond donors (Lipinski definition) is 0. The number of fused-ring (bicyclic) bond motifs is 1. The van der Waals surface area contributed by atoms with Crippen molar-refractivity contribution in [1.82, 2.24) is 19.2 Å². The molecule has 158 valence electrons. The summed E-state index contributed by atoms with van der Waals surface area (Å²) in [7, 11) is 1.70. The lowest BCUT2D eigenvalue weighted by Gasteiger charge is -2.36. The summed E-state index contributed by atoms with van der Waals surface area (Å²) in [5, 5.41) is 0. The first-order chi connectivity index (χ1) is 14.4. The Balaban J connectivity index is 1.58. The molecular formula is C24H30N4O2. The molecule has 0 radical (unpaired) electrons. The molecule has 6 nitrogen and oxygen atoms in total. The van der Waals surface area contributed by atoms with Crippen molar-refractivity contribution in [2.24, 2.45) is 0 Å². The minimum absolute atomic E-state index is 0.0137. The van der Waals surface area contributed by atoms with Gasteiger partial charge in [0.05, 0.1) is 7.11 Å². The van der Waals surface area contributed by atoms with Gasteiger partial charge in [0, 0.05) is 44.6 Å². The molecule has 4 rings (SSSR count). The number of aromatic nitrogens is 2. The number of carbonyl (C=O) groups is 1. The molecule has 0 atom stereocenters. The predicted octanol–water partition coefficient (Wildman–Crippen LogP) is 3.79. The Kier molecular flexibility index (Phi) is 5.52. The third kappa shape index (κ3) is 3.79. The Bertz CT molecular complexity index is 1050. The Labute approximate surface area is 178 Å². The third-order valence-corrected chi connectivity index (χ3v) is 6.00. The number of rotatable bonds is 4. The van der Waals surface area contributed by atoms with Crippen LogP contribution in [-0.2, 0) is 0 Å². The zero-order valence-corrected chi connectivity index (χ0v) is 18.5. The summed E-state index contributed by atoms with van der Waals surface area (Å²) >= 11 is 0. The number of imidazole rings is 1. The van der Waals surface area contributed by atoms with Gasteiger partial charge in [-0.25, -0.2) is 4.98 Å². The van der Waals surface area contributed by atoms with E-state index in [2.05, 4.69) is 55.8 Å². The van der Waals surface area contributed by atoms with Crippen LogP contribution >= 0.6 is 0 Å². The SMILES string of the molecule is COc1c(C)cc(-c2ccc3nc(C(=O)N4CCN(C(C)C)CC4)cn3c2)cc1C.